The average molecular weight is 392 g/mol. The van der Waals surface area contributed by atoms with Crippen molar-refractivity contribution >= 4 is 21.6 Å². The van der Waals surface area contributed by atoms with Gasteiger partial charge in [0.1, 0.15) is 5.69 Å². The number of hydrogen-bond donors (Lipinski definition) is 1. The van der Waals surface area contributed by atoms with E-state index in [-0.39, 0.29) is 16.1 Å². The molecule has 9 heteroatoms. The molecular weight excluding hydrogens is 368 g/mol. The molecule has 1 amide bonds. The zero-order chi connectivity index (χ0) is 20.0. The van der Waals surface area contributed by atoms with E-state index in [4.69, 9.17) is 0 Å². The summed E-state index contributed by atoms with van der Waals surface area (Å²) in [6, 6.07) is 8.62. The zero-order valence-corrected chi connectivity index (χ0v) is 16.5. The van der Waals surface area contributed by atoms with E-state index >= 15 is 0 Å². The summed E-state index contributed by atoms with van der Waals surface area (Å²) < 4.78 is 27.6. The maximum Gasteiger partial charge on any atom is 0.276 e. The number of carbonyl (C=O) groups excluding carboxylic acids is 1. The third-order valence-corrected chi connectivity index (χ3v) is 6.05. The Kier molecular flexibility index (Phi) is 6.86. The highest BCUT2D eigenvalue weighted by Crippen LogP contribution is 2.18. The molecule has 0 aliphatic carbocycles. The minimum Gasteiger partial charge on any atom is -0.321 e. The van der Waals surface area contributed by atoms with E-state index in [1.807, 2.05) is 6.92 Å². The lowest BCUT2D eigenvalue weighted by molar-refractivity contribution is 0.101. The standard InChI is InChI=1S/C18H24N4O4S/c1-4-13-22-17(23)12-11-16(20-22)18(24)19-14-7-9-15(10-8-14)27(25,26)21(5-2)6-3/h7-12H,4-6,13H2,1-3H3,(H,19,24). The van der Waals surface area contributed by atoms with Crippen LogP contribution in [0.15, 0.2) is 46.1 Å². The molecule has 27 heavy (non-hydrogen) atoms. The van der Waals surface area contributed by atoms with Crippen LogP contribution in [0.4, 0.5) is 5.69 Å². The lowest BCUT2D eigenvalue weighted by atomic mass is 10.3. The number of nitrogens with zero attached hydrogens (tertiary/aromatic N) is 3. The number of benzene rings is 1. The molecule has 0 radical (unpaired) electrons. The number of anilines is 1. The molecule has 1 N–H and O–H groups in total. The van der Waals surface area contributed by atoms with Crippen LogP contribution in [-0.2, 0) is 16.6 Å². The maximum absolute atomic E-state index is 12.5. The fourth-order valence-corrected chi connectivity index (χ4v) is 4.02. The van der Waals surface area contributed by atoms with E-state index in [9.17, 15) is 18.0 Å². The Balaban J connectivity index is 2.18. The molecule has 1 aromatic heterocycles. The van der Waals surface area contributed by atoms with Crippen molar-refractivity contribution in [1.29, 1.82) is 0 Å². The first-order chi connectivity index (χ1) is 12.8. The SMILES string of the molecule is CCCn1nc(C(=O)Nc2ccc(S(=O)(=O)N(CC)CC)cc2)ccc1=O. The second kappa shape index (κ2) is 8.92. The molecule has 0 aliphatic heterocycles. The van der Waals surface area contributed by atoms with E-state index in [0.717, 1.165) is 6.42 Å². The lowest BCUT2D eigenvalue weighted by Gasteiger charge is -2.18. The maximum atomic E-state index is 12.5. The highest BCUT2D eigenvalue weighted by molar-refractivity contribution is 7.89. The zero-order valence-electron chi connectivity index (χ0n) is 15.7. The molecule has 0 aliphatic rings. The summed E-state index contributed by atoms with van der Waals surface area (Å²) in [6.45, 7) is 6.67. The molecule has 0 atom stereocenters. The molecule has 146 valence electrons. The van der Waals surface area contributed by atoms with Gasteiger partial charge in [0.2, 0.25) is 10.0 Å². The quantitative estimate of drug-likeness (QED) is 0.740. The number of aromatic nitrogens is 2. The Morgan fingerprint density at radius 1 is 1.07 bits per heavy atom. The first-order valence-electron chi connectivity index (χ1n) is 8.83. The van der Waals surface area contributed by atoms with Crippen molar-refractivity contribution in [3.8, 4) is 0 Å². The van der Waals surface area contributed by atoms with E-state index in [1.165, 1.54) is 45.4 Å². The van der Waals surface area contributed by atoms with Gasteiger partial charge in [-0.25, -0.2) is 13.1 Å². The number of nitrogens with one attached hydrogen (secondary N) is 1. The van der Waals surface area contributed by atoms with Gasteiger partial charge in [-0.05, 0) is 36.8 Å². The molecule has 0 spiro atoms. The molecule has 1 aromatic carbocycles. The fourth-order valence-electron chi connectivity index (χ4n) is 2.56. The average Bonchev–Trinajstić information content (AvgIpc) is 2.65. The van der Waals surface area contributed by atoms with Crippen LogP contribution in [0.2, 0.25) is 0 Å². The molecule has 2 aromatic rings. The number of carbonyl (C=O) groups is 1. The normalized spacial score (nSPS) is 11.6. The molecule has 8 nitrogen and oxygen atoms in total. The Labute approximate surface area is 158 Å². The van der Waals surface area contributed by atoms with Gasteiger partial charge in [-0.15, -0.1) is 0 Å². The van der Waals surface area contributed by atoms with Crippen LogP contribution < -0.4 is 10.9 Å². The third-order valence-electron chi connectivity index (χ3n) is 3.99. The number of hydrogen-bond acceptors (Lipinski definition) is 5. The van der Waals surface area contributed by atoms with E-state index in [1.54, 1.807) is 13.8 Å². The molecule has 0 bridgehead atoms. The van der Waals surface area contributed by atoms with Gasteiger partial charge in [-0.2, -0.15) is 9.40 Å². The summed E-state index contributed by atoms with van der Waals surface area (Å²) in [7, 11) is -3.55. The minimum atomic E-state index is -3.55. The number of amides is 1. The topological polar surface area (TPSA) is 101 Å². The molecule has 2 rings (SSSR count). The van der Waals surface area contributed by atoms with Crippen LogP contribution in [0.3, 0.4) is 0 Å². The van der Waals surface area contributed by atoms with Gasteiger partial charge in [0.25, 0.3) is 11.5 Å². The van der Waals surface area contributed by atoms with Gasteiger partial charge in [0, 0.05) is 31.4 Å². The Bertz CT molecular complexity index is 948. The third kappa shape index (κ3) is 4.81. The van der Waals surface area contributed by atoms with Crippen molar-refractivity contribution in [3.05, 3.63) is 52.4 Å². The van der Waals surface area contributed by atoms with Gasteiger partial charge >= 0.3 is 0 Å². The Morgan fingerprint density at radius 3 is 2.26 bits per heavy atom. The van der Waals surface area contributed by atoms with Crippen LogP contribution in [0.25, 0.3) is 0 Å². The summed E-state index contributed by atoms with van der Waals surface area (Å²) in [6.07, 6.45) is 0.723. The van der Waals surface area contributed by atoms with Gasteiger partial charge in [0.05, 0.1) is 4.90 Å². The monoisotopic (exact) mass is 392 g/mol. The van der Waals surface area contributed by atoms with Crippen LogP contribution in [0.1, 0.15) is 37.7 Å². The van der Waals surface area contributed by atoms with Crippen molar-refractivity contribution < 1.29 is 13.2 Å². The lowest BCUT2D eigenvalue weighted by Crippen LogP contribution is -2.30. The van der Waals surface area contributed by atoms with Gasteiger partial charge < -0.3 is 5.32 Å². The van der Waals surface area contributed by atoms with Crippen LogP contribution in [0, 0.1) is 0 Å². The second-order valence-corrected chi connectivity index (χ2v) is 7.79. The first-order valence-corrected chi connectivity index (χ1v) is 10.3. The van der Waals surface area contributed by atoms with Gasteiger partial charge in [-0.3, -0.25) is 9.59 Å². The predicted molar refractivity (Wildman–Crippen MR) is 103 cm³/mol. The van der Waals surface area contributed by atoms with Crippen molar-refractivity contribution in [2.75, 3.05) is 18.4 Å². The molecule has 0 saturated heterocycles. The molecule has 0 fully saturated rings. The smallest absolute Gasteiger partial charge is 0.276 e. The minimum absolute atomic E-state index is 0.114. The predicted octanol–water partition coefficient (Wildman–Crippen LogP) is 1.94. The van der Waals surface area contributed by atoms with Crippen LogP contribution >= 0.6 is 0 Å². The summed E-state index contributed by atoms with van der Waals surface area (Å²) in [5, 5.41) is 6.71. The van der Waals surface area contributed by atoms with Gasteiger partial charge in [0.15, 0.2) is 0 Å². The van der Waals surface area contributed by atoms with E-state index in [2.05, 4.69) is 10.4 Å². The van der Waals surface area contributed by atoms with E-state index < -0.39 is 15.9 Å². The van der Waals surface area contributed by atoms with E-state index in [0.29, 0.717) is 25.3 Å². The van der Waals surface area contributed by atoms with Crippen LogP contribution in [-0.4, -0.2) is 41.5 Å². The first kappa shape index (κ1) is 20.8. The number of sulfonamides is 1. The number of aryl methyl sites for hydroxylation is 1. The highest BCUT2D eigenvalue weighted by Gasteiger charge is 2.21. The summed E-state index contributed by atoms with van der Waals surface area (Å²) in [4.78, 5) is 24.2. The summed E-state index contributed by atoms with van der Waals surface area (Å²) in [5.74, 6) is -0.473. The molecule has 0 saturated carbocycles. The largest absolute Gasteiger partial charge is 0.321 e. The number of rotatable bonds is 8. The Morgan fingerprint density at radius 2 is 1.70 bits per heavy atom. The second-order valence-electron chi connectivity index (χ2n) is 5.85. The summed E-state index contributed by atoms with van der Waals surface area (Å²) in [5.41, 5.74) is 0.288. The molecule has 0 unspecified atom stereocenters. The fraction of sp³-hybridized carbons (Fsp3) is 0.389. The molecular formula is C18H24N4O4S. The Hall–Kier alpha value is -2.52. The van der Waals surface area contributed by atoms with Gasteiger partial charge in [-0.1, -0.05) is 20.8 Å². The van der Waals surface area contributed by atoms with Crippen molar-refractivity contribution in [1.82, 2.24) is 14.1 Å². The van der Waals surface area contributed by atoms with Crippen molar-refractivity contribution in [3.63, 3.8) is 0 Å². The van der Waals surface area contributed by atoms with Crippen LogP contribution in [0.5, 0.6) is 0 Å². The van der Waals surface area contributed by atoms with Crippen molar-refractivity contribution in [2.24, 2.45) is 0 Å². The molecule has 1 heterocycles. The van der Waals surface area contributed by atoms with Crippen molar-refractivity contribution in [2.45, 2.75) is 38.6 Å². The summed E-state index contributed by atoms with van der Waals surface area (Å²) >= 11 is 0. The highest BCUT2D eigenvalue weighted by atomic mass is 32.2.